The highest BCUT2D eigenvalue weighted by Gasteiger charge is 2.25. The lowest BCUT2D eigenvalue weighted by molar-refractivity contribution is 0.0698. The molecule has 1 amide bonds. The number of carbonyl (C=O) groups is 2. The quantitative estimate of drug-likeness (QED) is 0.484. The molecule has 4 aromatic rings. The number of para-hydroxylation sites is 1. The second kappa shape index (κ2) is 8.18. The zero-order valence-corrected chi connectivity index (χ0v) is 18.1. The monoisotopic (exact) mass is 445 g/mol. The van der Waals surface area contributed by atoms with E-state index in [4.69, 9.17) is 10.5 Å². The van der Waals surface area contributed by atoms with Crippen molar-refractivity contribution in [2.75, 3.05) is 31.2 Å². The van der Waals surface area contributed by atoms with Crippen molar-refractivity contribution in [2.24, 2.45) is 5.73 Å². The van der Waals surface area contributed by atoms with Crippen LogP contribution in [0.4, 0.5) is 5.69 Å². The van der Waals surface area contributed by atoms with Crippen LogP contribution < -0.4 is 10.6 Å². The first kappa shape index (κ1) is 20.9. The van der Waals surface area contributed by atoms with Crippen LogP contribution in [0.15, 0.2) is 42.6 Å². The van der Waals surface area contributed by atoms with Crippen LogP contribution in [0, 0.1) is 0 Å². The first-order chi connectivity index (χ1) is 16.0. The molecule has 9 heteroatoms. The molecular formula is C24H23N5O4. The van der Waals surface area contributed by atoms with E-state index in [9.17, 15) is 14.7 Å². The van der Waals surface area contributed by atoms with Crippen molar-refractivity contribution in [1.82, 2.24) is 14.5 Å². The molecular weight excluding hydrogens is 422 g/mol. The van der Waals surface area contributed by atoms with E-state index in [1.807, 2.05) is 41.8 Å². The molecule has 33 heavy (non-hydrogen) atoms. The van der Waals surface area contributed by atoms with E-state index in [1.165, 1.54) is 6.20 Å². The van der Waals surface area contributed by atoms with Gasteiger partial charge in [-0.15, -0.1) is 0 Å². The minimum absolute atomic E-state index is 0.112. The minimum Gasteiger partial charge on any atom is -0.478 e. The topological polar surface area (TPSA) is 124 Å². The second-order valence-electron chi connectivity index (χ2n) is 7.88. The Morgan fingerprint density at radius 2 is 1.91 bits per heavy atom. The number of anilines is 1. The summed E-state index contributed by atoms with van der Waals surface area (Å²) in [4.78, 5) is 35.8. The van der Waals surface area contributed by atoms with Gasteiger partial charge in [-0.1, -0.05) is 25.1 Å². The van der Waals surface area contributed by atoms with E-state index >= 15 is 0 Å². The number of hydrogen-bond acceptors (Lipinski definition) is 6. The fraction of sp³-hybridized carbons (Fsp3) is 0.250. The predicted molar refractivity (Wildman–Crippen MR) is 124 cm³/mol. The molecule has 0 radical (unpaired) electrons. The van der Waals surface area contributed by atoms with Crippen molar-refractivity contribution in [3.8, 4) is 5.69 Å². The number of carbonyl (C=O) groups excluding carboxylic acids is 1. The molecule has 1 aliphatic heterocycles. The normalized spacial score (nSPS) is 14.2. The van der Waals surface area contributed by atoms with Crippen LogP contribution in [-0.4, -0.2) is 57.8 Å². The number of fused-ring (bicyclic) bond motifs is 2. The van der Waals surface area contributed by atoms with Crippen LogP contribution in [0.5, 0.6) is 0 Å². The predicted octanol–water partition coefficient (Wildman–Crippen LogP) is 2.77. The van der Waals surface area contributed by atoms with Crippen LogP contribution in [-0.2, 0) is 11.2 Å². The molecule has 0 bridgehead atoms. The molecule has 2 aromatic carbocycles. The van der Waals surface area contributed by atoms with Gasteiger partial charge in [-0.3, -0.25) is 14.3 Å². The molecule has 1 saturated heterocycles. The van der Waals surface area contributed by atoms with Crippen molar-refractivity contribution in [1.29, 1.82) is 0 Å². The van der Waals surface area contributed by atoms with Crippen molar-refractivity contribution in [2.45, 2.75) is 13.3 Å². The number of carboxylic acid groups (broad SMARTS) is 1. The van der Waals surface area contributed by atoms with Crippen molar-refractivity contribution in [3.63, 3.8) is 0 Å². The molecule has 0 spiro atoms. The number of imidazole rings is 1. The molecule has 168 valence electrons. The van der Waals surface area contributed by atoms with Gasteiger partial charge in [0.15, 0.2) is 0 Å². The number of nitrogens with two attached hydrogens (primary N) is 1. The fourth-order valence-electron chi connectivity index (χ4n) is 4.41. The van der Waals surface area contributed by atoms with Gasteiger partial charge in [0.05, 0.1) is 41.1 Å². The van der Waals surface area contributed by atoms with Crippen LogP contribution in [0.25, 0.3) is 27.6 Å². The number of benzene rings is 2. The smallest absolute Gasteiger partial charge is 0.338 e. The maximum absolute atomic E-state index is 12.4. The van der Waals surface area contributed by atoms with Gasteiger partial charge in [0.1, 0.15) is 11.3 Å². The van der Waals surface area contributed by atoms with Crippen LogP contribution >= 0.6 is 0 Å². The maximum Gasteiger partial charge on any atom is 0.338 e. The highest BCUT2D eigenvalue weighted by Crippen LogP contribution is 2.34. The van der Waals surface area contributed by atoms with E-state index < -0.39 is 11.9 Å². The number of ether oxygens (including phenoxy) is 1. The van der Waals surface area contributed by atoms with Crippen LogP contribution in [0.3, 0.4) is 0 Å². The molecule has 3 N–H and O–H groups in total. The number of rotatable bonds is 5. The molecule has 0 aliphatic carbocycles. The summed E-state index contributed by atoms with van der Waals surface area (Å²) in [7, 11) is 0. The highest BCUT2D eigenvalue weighted by molar-refractivity contribution is 6.07. The third-order valence-corrected chi connectivity index (χ3v) is 5.97. The Balaban J connectivity index is 1.89. The number of aromatic nitrogens is 3. The molecule has 1 fully saturated rings. The van der Waals surface area contributed by atoms with Crippen molar-refractivity contribution in [3.05, 3.63) is 59.5 Å². The summed E-state index contributed by atoms with van der Waals surface area (Å²) in [5.41, 5.74) is 9.10. The second-order valence-corrected chi connectivity index (χ2v) is 7.88. The molecule has 9 nitrogen and oxygen atoms in total. The van der Waals surface area contributed by atoms with Crippen molar-refractivity contribution >= 4 is 39.5 Å². The molecule has 1 aliphatic rings. The van der Waals surface area contributed by atoms with Gasteiger partial charge < -0.3 is 20.5 Å². The van der Waals surface area contributed by atoms with E-state index in [0.29, 0.717) is 60.8 Å². The zero-order valence-electron chi connectivity index (χ0n) is 18.1. The van der Waals surface area contributed by atoms with E-state index in [0.717, 1.165) is 11.1 Å². The lowest BCUT2D eigenvalue weighted by atomic mass is 10.1. The standard InChI is InChI=1S/C24H23N5O4/c1-2-20-27-21-16(24(31)32)11-14(28-7-9-33-10-8-28)12-19(21)29(20)22-15-5-3-4-6-18(15)26-13-17(22)23(25)30/h3-6,11-13H,2,7-10H2,1H3,(H2,25,30)(H,31,32). The van der Waals surface area contributed by atoms with Gasteiger partial charge >= 0.3 is 5.97 Å². The molecule has 5 rings (SSSR count). The molecule has 3 heterocycles. The van der Waals surface area contributed by atoms with Crippen LogP contribution in [0.2, 0.25) is 0 Å². The molecule has 0 unspecified atom stereocenters. The van der Waals surface area contributed by atoms with Gasteiger partial charge in [-0.2, -0.15) is 0 Å². The third kappa shape index (κ3) is 3.46. The van der Waals surface area contributed by atoms with Gasteiger partial charge in [-0.25, -0.2) is 9.78 Å². The number of carboxylic acids is 1. The number of pyridine rings is 1. The summed E-state index contributed by atoms with van der Waals surface area (Å²) in [6.45, 7) is 4.39. The summed E-state index contributed by atoms with van der Waals surface area (Å²) in [6, 6.07) is 11.1. The number of nitrogens with zero attached hydrogens (tertiary/aromatic N) is 4. The number of aromatic carboxylic acids is 1. The Labute approximate surface area is 189 Å². The number of amides is 1. The van der Waals surface area contributed by atoms with Gasteiger partial charge in [-0.05, 0) is 18.2 Å². The summed E-state index contributed by atoms with van der Waals surface area (Å²) < 4.78 is 7.31. The van der Waals surface area contributed by atoms with Gasteiger partial charge in [0, 0.05) is 36.8 Å². The van der Waals surface area contributed by atoms with E-state index in [2.05, 4.69) is 14.9 Å². The lowest BCUT2D eigenvalue weighted by Crippen LogP contribution is -2.36. The summed E-state index contributed by atoms with van der Waals surface area (Å²) in [6.07, 6.45) is 1.99. The molecule has 0 saturated carbocycles. The lowest BCUT2D eigenvalue weighted by Gasteiger charge is -2.29. The zero-order chi connectivity index (χ0) is 23.1. The third-order valence-electron chi connectivity index (χ3n) is 5.97. The Bertz CT molecular complexity index is 1410. The first-order valence-electron chi connectivity index (χ1n) is 10.8. The maximum atomic E-state index is 12.4. The number of hydrogen-bond donors (Lipinski definition) is 2. The largest absolute Gasteiger partial charge is 0.478 e. The van der Waals surface area contributed by atoms with Gasteiger partial charge in [0.2, 0.25) is 0 Å². The Morgan fingerprint density at radius 3 is 2.61 bits per heavy atom. The average Bonchev–Trinajstić information content (AvgIpc) is 3.21. The molecule has 0 atom stereocenters. The van der Waals surface area contributed by atoms with Crippen LogP contribution in [0.1, 0.15) is 33.5 Å². The molecule has 2 aromatic heterocycles. The SMILES string of the molecule is CCc1nc2c(C(=O)O)cc(N3CCOCC3)cc2n1-c1c(C(N)=O)cnc2ccccc12. The van der Waals surface area contributed by atoms with Gasteiger partial charge in [0.25, 0.3) is 5.91 Å². The summed E-state index contributed by atoms with van der Waals surface area (Å²) >= 11 is 0. The Morgan fingerprint density at radius 1 is 1.15 bits per heavy atom. The Hall–Kier alpha value is -3.98. The highest BCUT2D eigenvalue weighted by atomic mass is 16.5. The Kier molecular flexibility index (Phi) is 5.18. The number of primary amides is 1. The average molecular weight is 445 g/mol. The van der Waals surface area contributed by atoms with E-state index in [-0.39, 0.29) is 11.1 Å². The first-order valence-corrected chi connectivity index (χ1v) is 10.8. The fourth-order valence-corrected chi connectivity index (χ4v) is 4.41. The summed E-state index contributed by atoms with van der Waals surface area (Å²) in [5.74, 6) is -1.04. The number of aryl methyl sites for hydroxylation is 1. The minimum atomic E-state index is -1.06. The van der Waals surface area contributed by atoms with E-state index in [1.54, 1.807) is 6.07 Å². The summed E-state index contributed by atoms with van der Waals surface area (Å²) in [5, 5.41) is 10.7. The number of morpholine rings is 1. The van der Waals surface area contributed by atoms with Crippen molar-refractivity contribution < 1.29 is 19.4 Å².